The molecule has 0 unspecified atom stereocenters. The van der Waals surface area contributed by atoms with Crippen LogP contribution in [0.15, 0.2) is 24.3 Å². The predicted octanol–water partition coefficient (Wildman–Crippen LogP) is 4.11. The van der Waals surface area contributed by atoms with Gasteiger partial charge in [-0.3, -0.25) is 9.59 Å². The van der Waals surface area contributed by atoms with Gasteiger partial charge in [0.15, 0.2) is 11.6 Å². The maximum atomic E-state index is 12.1. The highest BCUT2D eigenvalue weighted by Gasteiger charge is 2.18. The van der Waals surface area contributed by atoms with Crippen molar-refractivity contribution in [1.82, 2.24) is 0 Å². The van der Waals surface area contributed by atoms with Crippen molar-refractivity contribution in [2.45, 2.75) is 51.4 Å². The largest absolute Gasteiger partial charge is 0.508 e. The molecule has 8 heteroatoms. The smallest absolute Gasteiger partial charge is 0.170 e. The molecule has 0 saturated carbocycles. The molecular weight excluding hydrogens is 392 g/mol. The van der Waals surface area contributed by atoms with Crippen LogP contribution in [-0.2, 0) is 0 Å². The van der Waals surface area contributed by atoms with Gasteiger partial charge in [0, 0.05) is 37.1 Å². The van der Waals surface area contributed by atoms with Crippen molar-refractivity contribution in [3.05, 3.63) is 35.4 Å². The monoisotopic (exact) mass is 418 g/mol. The van der Waals surface area contributed by atoms with Crippen molar-refractivity contribution in [3.8, 4) is 34.5 Å². The average molecular weight is 418 g/mol. The second-order valence-electron chi connectivity index (χ2n) is 7.19. The normalized spacial score (nSPS) is 10.8. The molecule has 8 nitrogen and oxygen atoms in total. The maximum Gasteiger partial charge on any atom is 0.170 e. The van der Waals surface area contributed by atoms with E-state index in [0.29, 0.717) is 12.8 Å². The van der Waals surface area contributed by atoms with Crippen LogP contribution in [0.5, 0.6) is 34.5 Å². The van der Waals surface area contributed by atoms with Gasteiger partial charge in [0.2, 0.25) is 0 Å². The Morgan fingerprint density at radius 3 is 1.07 bits per heavy atom. The summed E-state index contributed by atoms with van der Waals surface area (Å²) in [4.78, 5) is 24.2. The second-order valence-corrected chi connectivity index (χ2v) is 7.19. The average Bonchev–Trinajstić information content (AvgIpc) is 2.62. The summed E-state index contributed by atoms with van der Waals surface area (Å²) in [5, 5.41) is 57.4. The van der Waals surface area contributed by atoms with Crippen molar-refractivity contribution in [3.63, 3.8) is 0 Å². The molecule has 0 aromatic heterocycles. The Hall–Kier alpha value is -3.42. The fourth-order valence-electron chi connectivity index (χ4n) is 3.29. The molecule has 30 heavy (non-hydrogen) atoms. The number of unbranched alkanes of at least 4 members (excludes halogenated alkanes) is 5. The molecule has 2 rings (SSSR count). The first kappa shape index (κ1) is 22.9. The lowest BCUT2D eigenvalue weighted by molar-refractivity contribution is 0.0963. The number of ketones is 2. The van der Waals surface area contributed by atoms with Gasteiger partial charge in [-0.05, 0) is 12.8 Å². The van der Waals surface area contributed by atoms with Crippen molar-refractivity contribution in [2.24, 2.45) is 0 Å². The molecule has 6 N–H and O–H groups in total. The minimum absolute atomic E-state index is 0.157. The van der Waals surface area contributed by atoms with E-state index >= 15 is 0 Å². The summed E-state index contributed by atoms with van der Waals surface area (Å²) in [5.74, 6) is -3.25. The molecule has 0 aliphatic heterocycles. The van der Waals surface area contributed by atoms with Crippen LogP contribution < -0.4 is 0 Å². The number of hydrogen-bond donors (Lipinski definition) is 6. The molecule has 162 valence electrons. The second kappa shape index (κ2) is 10.4. The zero-order chi connectivity index (χ0) is 22.3. The van der Waals surface area contributed by atoms with Crippen LogP contribution in [0.4, 0.5) is 0 Å². The first-order valence-electron chi connectivity index (χ1n) is 9.77. The van der Waals surface area contributed by atoms with Gasteiger partial charge in [0.1, 0.15) is 45.6 Å². The van der Waals surface area contributed by atoms with E-state index in [0.717, 1.165) is 49.9 Å². The van der Waals surface area contributed by atoms with Gasteiger partial charge in [-0.15, -0.1) is 0 Å². The van der Waals surface area contributed by atoms with E-state index in [-0.39, 0.29) is 35.5 Å². The lowest BCUT2D eigenvalue weighted by Crippen LogP contribution is -2.01. The predicted molar refractivity (Wildman–Crippen MR) is 108 cm³/mol. The van der Waals surface area contributed by atoms with E-state index in [9.17, 15) is 40.2 Å². The molecule has 0 aliphatic rings. The molecule has 0 spiro atoms. The van der Waals surface area contributed by atoms with Crippen molar-refractivity contribution < 1.29 is 40.2 Å². The number of carbonyl (C=O) groups is 2. The Morgan fingerprint density at radius 1 is 0.500 bits per heavy atom. The van der Waals surface area contributed by atoms with Crippen LogP contribution in [0.25, 0.3) is 0 Å². The van der Waals surface area contributed by atoms with Gasteiger partial charge in [-0.2, -0.15) is 0 Å². The van der Waals surface area contributed by atoms with Crippen LogP contribution in [0.1, 0.15) is 72.1 Å². The maximum absolute atomic E-state index is 12.1. The number of Topliss-reactive ketones (excluding diaryl/α,β-unsaturated/α-hetero) is 2. The van der Waals surface area contributed by atoms with Gasteiger partial charge < -0.3 is 30.6 Å². The first-order chi connectivity index (χ1) is 14.2. The molecule has 0 heterocycles. The van der Waals surface area contributed by atoms with Crippen LogP contribution >= 0.6 is 0 Å². The summed E-state index contributed by atoms with van der Waals surface area (Å²) in [7, 11) is 0. The number of phenols is 6. The molecule has 0 radical (unpaired) electrons. The molecule has 0 bridgehead atoms. The van der Waals surface area contributed by atoms with Crippen LogP contribution in [0, 0.1) is 0 Å². The fourth-order valence-corrected chi connectivity index (χ4v) is 3.29. The van der Waals surface area contributed by atoms with E-state index in [1.165, 1.54) is 0 Å². The van der Waals surface area contributed by atoms with Crippen molar-refractivity contribution in [1.29, 1.82) is 0 Å². The molecule has 2 aromatic carbocycles. The summed E-state index contributed by atoms with van der Waals surface area (Å²) < 4.78 is 0. The van der Waals surface area contributed by atoms with Crippen molar-refractivity contribution >= 4 is 11.6 Å². The standard InChI is InChI=1S/C22H26O8/c23-13-9-17(27)21(18(28)10-13)15(25)7-5-3-1-2-4-6-8-16(26)22-19(29)11-14(24)12-20(22)30/h9-12,23-24,27-30H,1-8H2. The zero-order valence-corrected chi connectivity index (χ0v) is 16.5. The third-order valence-electron chi connectivity index (χ3n) is 4.78. The molecule has 2 aromatic rings. The van der Waals surface area contributed by atoms with E-state index in [1.807, 2.05) is 0 Å². The topological polar surface area (TPSA) is 156 Å². The summed E-state index contributed by atoms with van der Waals surface area (Å²) in [6.45, 7) is 0. The highest BCUT2D eigenvalue weighted by Crippen LogP contribution is 2.34. The number of benzene rings is 2. The molecule has 0 aliphatic carbocycles. The van der Waals surface area contributed by atoms with Gasteiger partial charge >= 0.3 is 0 Å². The third-order valence-corrected chi connectivity index (χ3v) is 4.78. The first-order valence-corrected chi connectivity index (χ1v) is 9.77. The highest BCUT2D eigenvalue weighted by molar-refractivity contribution is 6.01. The highest BCUT2D eigenvalue weighted by atomic mass is 16.3. The number of carbonyl (C=O) groups excluding carboxylic acids is 2. The summed E-state index contributed by atoms with van der Waals surface area (Å²) in [6, 6.07) is 4.02. The lowest BCUT2D eigenvalue weighted by atomic mass is 10.00. The molecule has 0 amide bonds. The fraction of sp³-hybridized carbons (Fsp3) is 0.364. The SMILES string of the molecule is O=C(CCCCCCCCC(=O)c1c(O)cc(O)cc1O)c1c(O)cc(O)cc1O. The Labute approximate surface area is 173 Å². The number of rotatable bonds is 11. The number of aromatic hydroxyl groups is 6. The molecule has 0 fully saturated rings. The number of hydrogen-bond acceptors (Lipinski definition) is 8. The van der Waals surface area contributed by atoms with Gasteiger partial charge in [-0.1, -0.05) is 25.7 Å². The Kier molecular flexibility index (Phi) is 7.91. The van der Waals surface area contributed by atoms with Crippen molar-refractivity contribution in [2.75, 3.05) is 0 Å². The summed E-state index contributed by atoms with van der Waals surface area (Å²) in [6.07, 6.45) is 4.67. The summed E-state index contributed by atoms with van der Waals surface area (Å²) >= 11 is 0. The van der Waals surface area contributed by atoms with Gasteiger partial charge in [-0.25, -0.2) is 0 Å². The molecular formula is C22H26O8. The Balaban J connectivity index is 1.65. The van der Waals surface area contributed by atoms with Crippen LogP contribution in [0.3, 0.4) is 0 Å². The Bertz CT molecular complexity index is 798. The van der Waals surface area contributed by atoms with Gasteiger partial charge in [0.05, 0.1) is 0 Å². The van der Waals surface area contributed by atoms with Gasteiger partial charge in [0.25, 0.3) is 0 Å². The Morgan fingerprint density at radius 2 is 0.767 bits per heavy atom. The molecule has 0 saturated heterocycles. The van der Waals surface area contributed by atoms with E-state index in [2.05, 4.69) is 0 Å². The van der Waals surface area contributed by atoms with E-state index in [1.54, 1.807) is 0 Å². The molecule has 0 atom stereocenters. The van der Waals surface area contributed by atoms with Crippen LogP contribution in [0.2, 0.25) is 0 Å². The number of phenolic OH excluding ortho intramolecular Hbond substituents is 6. The quantitative estimate of drug-likeness (QED) is 0.235. The third kappa shape index (κ3) is 6.04. The minimum atomic E-state index is -0.451. The van der Waals surface area contributed by atoms with E-state index < -0.39 is 34.6 Å². The summed E-state index contributed by atoms with van der Waals surface area (Å²) in [5.41, 5.74) is -0.376. The zero-order valence-electron chi connectivity index (χ0n) is 16.5. The lowest BCUT2D eigenvalue weighted by Gasteiger charge is -2.08. The minimum Gasteiger partial charge on any atom is -0.508 e. The van der Waals surface area contributed by atoms with E-state index in [4.69, 9.17) is 0 Å². The van der Waals surface area contributed by atoms with Crippen LogP contribution in [-0.4, -0.2) is 42.2 Å².